The predicted molar refractivity (Wildman–Crippen MR) is 64.5 cm³/mol. The monoisotopic (exact) mass is 241 g/mol. The number of carbonyl (C=O) groups is 1. The summed E-state index contributed by atoms with van der Waals surface area (Å²) in [6, 6.07) is 0. The first-order valence-electron chi connectivity index (χ1n) is 6.53. The van der Waals surface area contributed by atoms with Crippen molar-refractivity contribution in [1.29, 1.82) is 0 Å². The number of piperidine rings is 1. The standard InChI is InChI=1S/C13H23NO3/c1-4-14-7-5-12(16,6-8-14)13(9-10(13)2)11(15)17-3/h10,16H,4-9H2,1-3H3. The zero-order chi connectivity index (χ0) is 12.7. The zero-order valence-electron chi connectivity index (χ0n) is 11.0. The zero-order valence-corrected chi connectivity index (χ0v) is 11.0. The van der Waals surface area contributed by atoms with Gasteiger partial charge in [-0.3, -0.25) is 4.79 Å². The lowest BCUT2D eigenvalue weighted by Gasteiger charge is -2.42. The number of ether oxygens (including phenoxy) is 1. The highest BCUT2D eigenvalue weighted by molar-refractivity contribution is 5.82. The number of likely N-dealkylation sites (tertiary alicyclic amines) is 1. The Kier molecular flexibility index (Phi) is 3.21. The van der Waals surface area contributed by atoms with E-state index in [1.807, 2.05) is 6.92 Å². The van der Waals surface area contributed by atoms with E-state index >= 15 is 0 Å². The smallest absolute Gasteiger partial charge is 0.315 e. The van der Waals surface area contributed by atoms with Crippen LogP contribution in [0, 0.1) is 11.3 Å². The third-order valence-electron chi connectivity index (χ3n) is 4.82. The van der Waals surface area contributed by atoms with E-state index in [9.17, 15) is 9.90 Å². The van der Waals surface area contributed by atoms with Crippen LogP contribution in [0.25, 0.3) is 0 Å². The van der Waals surface area contributed by atoms with Crippen molar-refractivity contribution >= 4 is 5.97 Å². The van der Waals surface area contributed by atoms with E-state index in [1.165, 1.54) is 7.11 Å². The average molecular weight is 241 g/mol. The van der Waals surface area contributed by atoms with Gasteiger partial charge in [0.25, 0.3) is 0 Å². The Morgan fingerprint density at radius 2 is 2.00 bits per heavy atom. The molecule has 1 heterocycles. The second kappa shape index (κ2) is 4.25. The van der Waals surface area contributed by atoms with Crippen LogP contribution in [0.3, 0.4) is 0 Å². The van der Waals surface area contributed by atoms with Crippen molar-refractivity contribution in [3.63, 3.8) is 0 Å². The van der Waals surface area contributed by atoms with Gasteiger partial charge in [0.2, 0.25) is 0 Å². The summed E-state index contributed by atoms with van der Waals surface area (Å²) in [5.74, 6) is 0.0191. The summed E-state index contributed by atoms with van der Waals surface area (Å²) in [6.07, 6.45) is 2.13. The van der Waals surface area contributed by atoms with Crippen LogP contribution in [0.15, 0.2) is 0 Å². The van der Waals surface area contributed by atoms with Gasteiger partial charge in [-0.05, 0) is 31.7 Å². The number of nitrogens with zero attached hydrogens (tertiary/aromatic N) is 1. The van der Waals surface area contributed by atoms with Crippen LogP contribution in [0.4, 0.5) is 0 Å². The Hall–Kier alpha value is -0.610. The maximum absolute atomic E-state index is 12.0. The molecule has 1 saturated heterocycles. The third-order valence-corrected chi connectivity index (χ3v) is 4.82. The van der Waals surface area contributed by atoms with Crippen LogP contribution in [0.5, 0.6) is 0 Å². The van der Waals surface area contributed by atoms with Crippen LogP contribution in [-0.2, 0) is 9.53 Å². The number of carbonyl (C=O) groups excluding carboxylic acids is 1. The maximum Gasteiger partial charge on any atom is 0.315 e. The Bertz CT molecular complexity index is 310. The molecule has 1 N–H and O–H groups in total. The van der Waals surface area contributed by atoms with Gasteiger partial charge in [-0.25, -0.2) is 0 Å². The largest absolute Gasteiger partial charge is 0.468 e. The maximum atomic E-state index is 12.0. The summed E-state index contributed by atoms with van der Waals surface area (Å²) in [4.78, 5) is 14.3. The molecule has 0 aromatic carbocycles. The van der Waals surface area contributed by atoms with Gasteiger partial charge in [0.1, 0.15) is 0 Å². The quantitative estimate of drug-likeness (QED) is 0.750. The lowest BCUT2D eigenvalue weighted by molar-refractivity contribution is -0.166. The Labute approximate surface area is 103 Å². The van der Waals surface area contributed by atoms with Gasteiger partial charge in [0.05, 0.1) is 18.1 Å². The number of hydrogen-bond acceptors (Lipinski definition) is 4. The second-order valence-electron chi connectivity index (χ2n) is 5.53. The van der Waals surface area contributed by atoms with Crippen molar-refractivity contribution in [2.24, 2.45) is 11.3 Å². The van der Waals surface area contributed by atoms with Crippen LogP contribution in [0.1, 0.15) is 33.1 Å². The van der Waals surface area contributed by atoms with Gasteiger partial charge < -0.3 is 14.7 Å². The summed E-state index contributed by atoms with van der Waals surface area (Å²) < 4.78 is 4.91. The number of rotatable bonds is 3. The molecule has 0 aromatic rings. The van der Waals surface area contributed by atoms with Crippen molar-refractivity contribution < 1.29 is 14.6 Å². The molecule has 1 saturated carbocycles. The highest BCUT2D eigenvalue weighted by atomic mass is 16.5. The van der Waals surface area contributed by atoms with E-state index in [4.69, 9.17) is 4.74 Å². The van der Waals surface area contributed by atoms with Gasteiger partial charge in [-0.15, -0.1) is 0 Å². The van der Waals surface area contributed by atoms with E-state index in [1.54, 1.807) is 0 Å². The summed E-state index contributed by atoms with van der Waals surface area (Å²) in [7, 11) is 1.42. The van der Waals surface area contributed by atoms with Crippen LogP contribution < -0.4 is 0 Å². The Morgan fingerprint density at radius 3 is 2.35 bits per heavy atom. The molecule has 98 valence electrons. The predicted octanol–water partition coefficient (Wildman–Crippen LogP) is 1.03. The molecule has 0 amide bonds. The minimum absolute atomic E-state index is 0.225. The van der Waals surface area contributed by atoms with Crippen LogP contribution in [0.2, 0.25) is 0 Å². The summed E-state index contributed by atoms with van der Waals surface area (Å²) in [5, 5.41) is 10.8. The fraction of sp³-hybridized carbons (Fsp3) is 0.923. The molecule has 17 heavy (non-hydrogen) atoms. The topological polar surface area (TPSA) is 49.8 Å². The van der Waals surface area contributed by atoms with Gasteiger partial charge in [-0.1, -0.05) is 13.8 Å². The van der Waals surface area contributed by atoms with Gasteiger partial charge >= 0.3 is 5.97 Å². The molecule has 4 heteroatoms. The molecule has 0 spiro atoms. The minimum atomic E-state index is -0.856. The fourth-order valence-electron chi connectivity index (χ4n) is 3.41. The van der Waals surface area contributed by atoms with E-state index in [-0.39, 0.29) is 11.9 Å². The highest BCUT2D eigenvalue weighted by Crippen LogP contribution is 2.62. The van der Waals surface area contributed by atoms with E-state index in [2.05, 4.69) is 11.8 Å². The lowest BCUT2D eigenvalue weighted by Crippen LogP contribution is -2.53. The summed E-state index contributed by atoms with van der Waals surface area (Å²) in [5.41, 5.74) is -1.48. The van der Waals surface area contributed by atoms with Crippen molar-refractivity contribution in [3.05, 3.63) is 0 Å². The molecule has 2 unspecified atom stereocenters. The highest BCUT2D eigenvalue weighted by Gasteiger charge is 2.70. The molecule has 1 aliphatic carbocycles. The van der Waals surface area contributed by atoms with E-state index in [0.717, 1.165) is 26.1 Å². The van der Waals surface area contributed by atoms with Gasteiger partial charge in [-0.2, -0.15) is 0 Å². The van der Waals surface area contributed by atoms with Crippen molar-refractivity contribution in [2.75, 3.05) is 26.7 Å². The first-order chi connectivity index (χ1) is 8.00. The number of esters is 1. The molecule has 2 aliphatic rings. The normalized spacial score (nSPS) is 36.6. The molecule has 0 bridgehead atoms. The molecule has 2 atom stereocenters. The molecular weight excluding hydrogens is 218 g/mol. The van der Waals surface area contributed by atoms with Crippen LogP contribution in [-0.4, -0.2) is 48.3 Å². The number of hydrogen-bond donors (Lipinski definition) is 1. The minimum Gasteiger partial charge on any atom is -0.468 e. The Balaban J connectivity index is 2.13. The lowest BCUT2D eigenvalue weighted by atomic mass is 9.75. The van der Waals surface area contributed by atoms with Crippen molar-refractivity contribution in [3.8, 4) is 0 Å². The molecule has 4 nitrogen and oxygen atoms in total. The first kappa shape index (κ1) is 12.8. The Morgan fingerprint density at radius 1 is 1.47 bits per heavy atom. The third kappa shape index (κ3) is 1.78. The molecule has 0 radical (unpaired) electrons. The SMILES string of the molecule is CCN1CCC(O)(C2(C(=O)OC)CC2C)CC1. The van der Waals surface area contributed by atoms with Gasteiger partial charge in [0.15, 0.2) is 0 Å². The molecule has 2 fully saturated rings. The molecule has 1 aliphatic heterocycles. The van der Waals surface area contributed by atoms with Crippen molar-refractivity contribution in [2.45, 2.75) is 38.7 Å². The average Bonchev–Trinajstić information content (AvgIpc) is 3.03. The summed E-state index contributed by atoms with van der Waals surface area (Å²) in [6.45, 7) is 6.91. The first-order valence-corrected chi connectivity index (χ1v) is 6.53. The fourth-order valence-corrected chi connectivity index (χ4v) is 3.41. The number of aliphatic hydroxyl groups is 1. The number of methoxy groups -OCH3 is 1. The summed E-state index contributed by atoms with van der Waals surface area (Å²) >= 11 is 0. The second-order valence-corrected chi connectivity index (χ2v) is 5.53. The van der Waals surface area contributed by atoms with E-state index in [0.29, 0.717) is 12.8 Å². The van der Waals surface area contributed by atoms with Crippen molar-refractivity contribution in [1.82, 2.24) is 4.90 Å². The molecule has 0 aromatic heterocycles. The van der Waals surface area contributed by atoms with Gasteiger partial charge in [0, 0.05) is 13.1 Å². The van der Waals surface area contributed by atoms with Crippen LogP contribution >= 0.6 is 0 Å². The molecule has 2 rings (SSSR count). The molecular formula is C13H23NO3. The van der Waals surface area contributed by atoms with E-state index < -0.39 is 11.0 Å².